The lowest BCUT2D eigenvalue weighted by molar-refractivity contribution is 0.226. The van der Waals surface area contributed by atoms with Crippen molar-refractivity contribution >= 4 is 52.0 Å². The van der Waals surface area contributed by atoms with Crippen molar-refractivity contribution in [1.29, 1.82) is 15.8 Å². The number of aromatic nitrogens is 9. The zero-order valence-corrected chi connectivity index (χ0v) is 49.4. The fourth-order valence-electron chi connectivity index (χ4n) is 5.29. The second-order valence-corrected chi connectivity index (χ2v) is 17.3. The quantitative estimate of drug-likeness (QED) is 0.0923. The van der Waals surface area contributed by atoms with E-state index in [1.165, 1.54) is 53.6 Å². The van der Waals surface area contributed by atoms with Gasteiger partial charge in [-0.25, -0.2) is 27.8 Å². The van der Waals surface area contributed by atoms with Gasteiger partial charge in [0.05, 0.1) is 64.4 Å². The van der Waals surface area contributed by atoms with E-state index < -0.39 is 12.4 Å². The summed E-state index contributed by atoms with van der Waals surface area (Å²) in [6, 6.07) is 43.5. The first-order valence-corrected chi connectivity index (χ1v) is 25.9. The number of benzene rings is 2. The second kappa shape index (κ2) is 46.1. The molecule has 0 radical (unpaired) electrons. The van der Waals surface area contributed by atoms with Crippen LogP contribution in [-0.4, -0.2) is 50.0 Å². The lowest BCUT2D eigenvalue weighted by Crippen LogP contribution is -2.04. The Kier molecular flexibility index (Phi) is 38.6. The number of nitriles is 3. The van der Waals surface area contributed by atoms with Crippen LogP contribution in [0, 0.1) is 94.5 Å². The minimum atomic E-state index is -1.06. The minimum absolute atomic E-state index is 0.167. The third-order valence-corrected chi connectivity index (χ3v) is 10.2. The topological polar surface area (TPSA) is 307 Å². The van der Waals surface area contributed by atoms with Crippen molar-refractivity contribution in [3.63, 3.8) is 0 Å². The van der Waals surface area contributed by atoms with Gasteiger partial charge >= 0.3 is 18.3 Å². The molecule has 0 amide bonds. The van der Waals surface area contributed by atoms with Gasteiger partial charge in [-0.1, -0.05) is 47.5 Å². The first-order chi connectivity index (χ1) is 42.5. The average molecular weight is 1200 g/mol. The molecule has 0 aliphatic rings. The van der Waals surface area contributed by atoms with Gasteiger partial charge in [0.15, 0.2) is 0 Å². The van der Waals surface area contributed by atoms with Gasteiger partial charge < -0.3 is 21.4 Å². The Bertz CT molecular complexity index is 3740. The number of rotatable bonds is 2. The second-order valence-electron chi connectivity index (χ2n) is 16.5. The van der Waals surface area contributed by atoms with Crippen molar-refractivity contribution in [3.05, 3.63) is 331 Å². The molecule has 0 saturated carbocycles. The highest BCUT2D eigenvalue weighted by Crippen LogP contribution is 2.18. The highest BCUT2D eigenvalue weighted by atomic mass is 35.5. The summed E-state index contributed by atoms with van der Waals surface area (Å²) >= 11 is 11.3. The molecule has 2 aromatic carbocycles. The molecule has 10 aromatic rings. The van der Waals surface area contributed by atoms with Crippen LogP contribution < -0.4 is 17.2 Å². The first-order valence-electron chi connectivity index (χ1n) is 25.1. The molecule has 0 aliphatic heterocycles. The van der Waals surface area contributed by atoms with Crippen LogP contribution in [0.5, 0.6) is 0 Å². The fourth-order valence-corrected chi connectivity index (χ4v) is 5.77. The van der Waals surface area contributed by atoms with Crippen molar-refractivity contribution in [2.45, 2.75) is 40.1 Å². The lowest BCUT2D eigenvalue weighted by atomic mass is 10.2. The van der Waals surface area contributed by atoms with Crippen LogP contribution in [0.15, 0.2) is 214 Å². The SMILES string of the molecule is Cc1cccc(Cl)c1.Cc1ccccn1.Cc1cccnc1.Cc1ccncc1.N#Cc1ccc(N)cc1Cl.[C-]#[N+]C(N)c1cccnc1.[C-]#[N+]C(O)c1cccnc1.[C-]#[N+]c1cnc(N)c(C#N)c1.[C-]#[N+]c1cncc(C#N)c1.[C-]#[N+]c1ncccn1. The van der Waals surface area contributed by atoms with Crippen LogP contribution in [0.3, 0.4) is 0 Å². The Hall–Kier alpha value is -12.4. The maximum absolute atomic E-state index is 8.94. The maximum atomic E-state index is 8.94. The first kappa shape index (κ1) is 73.6. The number of hydrogen-bond donors (Lipinski definition) is 4. The Labute approximate surface area is 522 Å². The van der Waals surface area contributed by atoms with Gasteiger partial charge in [-0.3, -0.25) is 45.3 Å². The zero-order chi connectivity index (χ0) is 65.2. The number of aryl methyl sites for hydroxylation is 4. The van der Waals surface area contributed by atoms with E-state index in [4.69, 9.17) is 94.2 Å². The Morgan fingerprint density at radius 2 is 1.08 bits per heavy atom. The third-order valence-electron chi connectivity index (χ3n) is 9.62. The van der Waals surface area contributed by atoms with E-state index in [-0.39, 0.29) is 17.3 Å². The van der Waals surface area contributed by atoms with Gasteiger partial charge in [0, 0.05) is 96.8 Å². The molecule has 21 nitrogen and oxygen atoms in total. The van der Waals surface area contributed by atoms with E-state index in [0.717, 1.165) is 16.3 Å². The molecule has 2 atom stereocenters. The van der Waals surface area contributed by atoms with Crippen LogP contribution in [0.25, 0.3) is 24.2 Å². The molecule has 7 N–H and O–H groups in total. The van der Waals surface area contributed by atoms with Crippen molar-refractivity contribution in [1.82, 2.24) is 44.9 Å². The number of aliphatic hydroxyl groups excluding tert-OH is 1. The molecule has 10 rings (SSSR count). The third kappa shape index (κ3) is 34.8. The molecule has 0 bridgehead atoms. The summed E-state index contributed by atoms with van der Waals surface area (Å²) in [6.07, 6.45) is 20.9. The van der Waals surface area contributed by atoms with Gasteiger partial charge in [-0.2, -0.15) is 25.8 Å². The Balaban J connectivity index is 0.000000491. The van der Waals surface area contributed by atoms with E-state index >= 15 is 0 Å². The van der Waals surface area contributed by atoms with Gasteiger partial charge in [0.2, 0.25) is 11.4 Å². The smallest absolute Gasteiger partial charge is 0.371 e. The van der Waals surface area contributed by atoms with Crippen LogP contribution in [-0.2, 0) is 0 Å². The number of aliphatic hydroxyl groups is 1. The van der Waals surface area contributed by atoms with Gasteiger partial charge in [-0.15, -0.1) is 6.57 Å². The lowest BCUT2D eigenvalue weighted by Gasteiger charge is -1.95. The molecule has 2 unspecified atom stereocenters. The number of nitrogen functional groups attached to an aromatic ring is 2. The van der Waals surface area contributed by atoms with E-state index in [9.17, 15) is 0 Å². The summed E-state index contributed by atoms with van der Waals surface area (Å²) in [5, 5.41) is 35.4. The van der Waals surface area contributed by atoms with Crippen LogP contribution in [0.4, 0.5) is 28.8 Å². The molecule has 0 aliphatic carbocycles. The average Bonchev–Trinajstić information content (AvgIpc) is 3.66. The molecule has 88 heavy (non-hydrogen) atoms. The molecular weight excluding hydrogens is 1150 g/mol. The number of pyridine rings is 7. The molecule has 0 spiro atoms. The maximum Gasteiger partial charge on any atom is 0.371 e. The number of anilines is 2. The van der Waals surface area contributed by atoms with E-state index in [1.807, 2.05) is 119 Å². The largest absolute Gasteiger partial charge is 0.399 e. The van der Waals surface area contributed by atoms with E-state index in [1.54, 1.807) is 104 Å². The number of nitrogens with two attached hydrogens (primary N) is 3. The predicted molar refractivity (Wildman–Crippen MR) is 340 cm³/mol. The Morgan fingerprint density at radius 1 is 0.477 bits per heavy atom. The van der Waals surface area contributed by atoms with Gasteiger partial charge in [0.25, 0.3) is 0 Å². The summed E-state index contributed by atoms with van der Waals surface area (Å²) < 4.78 is 0. The van der Waals surface area contributed by atoms with Crippen molar-refractivity contribution < 1.29 is 5.11 Å². The highest BCUT2D eigenvalue weighted by Gasteiger charge is 2.08. The number of nitrogens with zero attached hydrogens (tertiary/aromatic N) is 17. The number of halogens is 2. The summed E-state index contributed by atoms with van der Waals surface area (Å²) in [6.45, 7) is 40.8. The minimum Gasteiger partial charge on any atom is -0.399 e. The molecule has 23 heteroatoms. The molecule has 436 valence electrons. The van der Waals surface area contributed by atoms with Gasteiger partial charge in [-0.05, 0) is 141 Å². The van der Waals surface area contributed by atoms with Crippen LogP contribution >= 0.6 is 23.2 Å². The van der Waals surface area contributed by atoms with Crippen LogP contribution in [0.2, 0.25) is 10.0 Å². The zero-order valence-electron chi connectivity index (χ0n) is 47.9. The Morgan fingerprint density at radius 3 is 1.49 bits per heavy atom. The standard InChI is InChI=1S/C7H5ClN2.C7H7Cl.C7H4N4.C7H3N3.C7H7N3.C7H6N2O.3C6H7N.C5H3N3/c8-7-3-6(10)2-1-5(7)4-9;1-6-3-2-4-7(8)5-6;1-10-6-2-5(3-8)7(9)11-4-6;1-9-7-2-6(3-8)4-10-5-7;1-9-7(8)6-3-2-4-10-5-6;1-8-7(10)6-3-2-4-9-5-6;1-6-2-4-7-5-3-6;1-6-3-2-4-7-5-6;1-6-4-2-3-5-7-6;1-6-5-7-3-2-4-8-5/h1-3H,10H2;2-5H,1H3;2,4H,(H2,9,11);2,4-5H;2-5,7H,8H2;2-5,7,10H;3*2-5H,1H3;2-4H. The molecular formula is C65H56Cl2N20O. The fraction of sp³-hybridized carbons (Fsp3) is 0.0923. The highest BCUT2D eigenvalue weighted by molar-refractivity contribution is 6.32. The summed E-state index contributed by atoms with van der Waals surface area (Å²) in [5.41, 5.74) is 24.6. The van der Waals surface area contributed by atoms with Crippen molar-refractivity contribution in [3.8, 4) is 18.2 Å². The van der Waals surface area contributed by atoms with E-state index in [0.29, 0.717) is 38.8 Å². The molecule has 0 fully saturated rings. The van der Waals surface area contributed by atoms with Crippen molar-refractivity contribution in [2.24, 2.45) is 5.73 Å². The monoisotopic (exact) mass is 1200 g/mol. The molecule has 8 heterocycles. The summed E-state index contributed by atoms with van der Waals surface area (Å²) in [7, 11) is 0. The predicted octanol–water partition coefficient (Wildman–Crippen LogP) is 14.2. The van der Waals surface area contributed by atoms with Crippen LogP contribution in [0.1, 0.15) is 62.6 Å². The van der Waals surface area contributed by atoms with Crippen molar-refractivity contribution in [2.75, 3.05) is 11.5 Å². The number of hydrogen-bond acceptors (Lipinski definition) is 16. The van der Waals surface area contributed by atoms with E-state index in [2.05, 4.69) is 69.1 Å². The normalized spacial score (nSPS) is 9.27. The molecule has 8 aromatic heterocycles. The summed E-state index contributed by atoms with van der Waals surface area (Å²) in [5.74, 6) is 0.368. The van der Waals surface area contributed by atoms with Gasteiger partial charge in [0.1, 0.15) is 18.0 Å². The summed E-state index contributed by atoms with van der Waals surface area (Å²) in [4.78, 5) is 49.2. The molecule has 0 saturated heterocycles.